The van der Waals surface area contributed by atoms with Gasteiger partial charge in [-0.15, -0.1) is 0 Å². The third-order valence-electron chi connectivity index (χ3n) is 3.32. The van der Waals surface area contributed by atoms with E-state index in [0.717, 1.165) is 11.3 Å². The Balaban J connectivity index is 1.85. The molecule has 1 aliphatic heterocycles. The van der Waals surface area contributed by atoms with Crippen LogP contribution in [0.15, 0.2) is 36.4 Å². The Morgan fingerprint density at radius 3 is 2.75 bits per heavy atom. The van der Waals surface area contributed by atoms with E-state index in [0.29, 0.717) is 23.1 Å². The van der Waals surface area contributed by atoms with Crippen LogP contribution >= 0.6 is 11.6 Å². The first-order valence-corrected chi connectivity index (χ1v) is 6.64. The van der Waals surface area contributed by atoms with Gasteiger partial charge in [-0.1, -0.05) is 30.6 Å². The summed E-state index contributed by atoms with van der Waals surface area (Å²) in [6, 6.07) is 11.0. The highest BCUT2D eigenvalue weighted by Crippen LogP contribution is 2.31. The Labute approximate surface area is 123 Å². The van der Waals surface area contributed by atoms with E-state index in [4.69, 9.17) is 27.6 Å². The monoisotopic (exact) mass is 283 g/mol. The van der Waals surface area contributed by atoms with Crippen LogP contribution < -0.4 is 10.2 Å². The van der Waals surface area contributed by atoms with Crippen LogP contribution in [0, 0.1) is 6.57 Å². The third kappa shape index (κ3) is 2.38. The lowest BCUT2D eigenvalue weighted by Crippen LogP contribution is -2.23. The summed E-state index contributed by atoms with van der Waals surface area (Å²) in [4.78, 5) is 3.32. The molecular formula is C15H11BClNO2. The molecule has 0 saturated heterocycles. The summed E-state index contributed by atoms with van der Waals surface area (Å²) in [6.45, 7) is 9.76. The maximum atomic E-state index is 6.96. The van der Waals surface area contributed by atoms with Crippen molar-refractivity contribution in [3.05, 3.63) is 58.4 Å². The van der Waals surface area contributed by atoms with E-state index < -0.39 is 0 Å². The summed E-state index contributed by atoms with van der Waals surface area (Å²) >= 11 is 5.99. The highest BCUT2D eigenvalue weighted by molar-refractivity contribution is 6.67. The van der Waals surface area contributed by atoms with E-state index in [9.17, 15) is 0 Å². The van der Waals surface area contributed by atoms with Crippen LogP contribution in [0.2, 0.25) is 11.8 Å². The van der Waals surface area contributed by atoms with Gasteiger partial charge < -0.3 is 9.39 Å². The summed E-state index contributed by atoms with van der Waals surface area (Å²) in [5.41, 5.74) is 2.79. The Morgan fingerprint density at radius 2 is 2.00 bits per heavy atom. The van der Waals surface area contributed by atoms with Crippen molar-refractivity contribution in [3.8, 4) is 11.5 Å². The molecule has 0 fully saturated rings. The molecule has 1 aliphatic rings. The van der Waals surface area contributed by atoms with E-state index >= 15 is 0 Å². The Kier molecular flexibility index (Phi) is 3.39. The van der Waals surface area contributed by atoms with Gasteiger partial charge in [-0.25, -0.2) is 4.85 Å². The number of hydrogen-bond acceptors (Lipinski definition) is 2. The van der Waals surface area contributed by atoms with Gasteiger partial charge >= 0.3 is 6.92 Å². The van der Waals surface area contributed by atoms with Crippen LogP contribution in [0.1, 0.15) is 5.56 Å². The fraction of sp³-hybridized carbons (Fsp3) is 0.133. The predicted molar refractivity (Wildman–Crippen MR) is 80.3 cm³/mol. The average molecular weight is 284 g/mol. The maximum Gasteiger partial charge on any atom is 0.324 e. The molecule has 5 heteroatoms. The van der Waals surface area contributed by atoms with Gasteiger partial charge in [-0.2, -0.15) is 0 Å². The molecule has 20 heavy (non-hydrogen) atoms. The number of benzene rings is 2. The van der Waals surface area contributed by atoms with Gasteiger partial charge in [-0.3, -0.25) is 0 Å². The van der Waals surface area contributed by atoms with Crippen molar-refractivity contribution in [2.24, 2.45) is 0 Å². The minimum Gasteiger partial charge on any atom is -0.457 e. The van der Waals surface area contributed by atoms with E-state index in [2.05, 4.69) is 4.85 Å². The summed E-state index contributed by atoms with van der Waals surface area (Å²) in [7, 11) is 0. The Bertz CT molecular complexity index is 712. The molecule has 1 heterocycles. The van der Waals surface area contributed by atoms with Gasteiger partial charge in [0.05, 0.1) is 18.2 Å². The fourth-order valence-corrected chi connectivity index (χ4v) is 2.46. The molecule has 0 saturated carbocycles. The molecule has 2 aromatic rings. The molecule has 2 aromatic carbocycles. The Morgan fingerprint density at radius 1 is 1.25 bits per heavy atom. The van der Waals surface area contributed by atoms with Crippen LogP contribution in [0.25, 0.3) is 4.85 Å². The predicted octanol–water partition coefficient (Wildman–Crippen LogP) is 4.04. The number of halogens is 1. The largest absolute Gasteiger partial charge is 0.457 e. The fourth-order valence-electron chi connectivity index (χ4n) is 2.25. The smallest absolute Gasteiger partial charge is 0.324 e. The Hall–Kier alpha value is -1.96. The zero-order valence-corrected chi connectivity index (χ0v) is 11.6. The second kappa shape index (κ2) is 5.20. The van der Waals surface area contributed by atoms with Crippen molar-refractivity contribution in [1.29, 1.82) is 0 Å². The van der Waals surface area contributed by atoms with Crippen molar-refractivity contribution < 1.29 is 9.39 Å². The van der Waals surface area contributed by atoms with Gasteiger partial charge in [0.15, 0.2) is 0 Å². The van der Waals surface area contributed by atoms with Crippen molar-refractivity contribution in [3.63, 3.8) is 0 Å². The summed E-state index contributed by atoms with van der Waals surface area (Å²) in [5.74, 6) is 1.36. The van der Waals surface area contributed by atoms with E-state index in [1.165, 1.54) is 5.46 Å². The van der Waals surface area contributed by atoms with Gasteiger partial charge in [0, 0.05) is 0 Å². The molecule has 0 spiro atoms. The first kappa shape index (κ1) is 13.0. The normalized spacial score (nSPS) is 12.9. The zero-order valence-electron chi connectivity index (χ0n) is 10.9. The van der Waals surface area contributed by atoms with Gasteiger partial charge in [0.2, 0.25) is 5.69 Å². The van der Waals surface area contributed by atoms with E-state index in [1.807, 2.05) is 25.0 Å². The summed E-state index contributed by atoms with van der Waals surface area (Å²) < 4.78 is 11.3. The van der Waals surface area contributed by atoms with Crippen LogP contribution in [0.5, 0.6) is 11.5 Å². The topological polar surface area (TPSA) is 22.8 Å². The number of ether oxygens (including phenoxy) is 1. The minimum absolute atomic E-state index is 0.145. The zero-order chi connectivity index (χ0) is 14.1. The summed E-state index contributed by atoms with van der Waals surface area (Å²) in [6.07, 6.45) is 0. The lowest BCUT2D eigenvalue weighted by Gasteiger charge is -2.08. The van der Waals surface area contributed by atoms with Crippen molar-refractivity contribution in [1.82, 2.24) is 0 Å². The van der Waals surface area contributed by atoms with E-state index in [-0.39, 0.29) is 6.92 Å². The van der Waals surface area contributed by atoms with Crippen LogP contribution in [0.4, 0.5) is 5.69 Å². The van der Waals surface area contributed by atoms with Crippen molar-refractivity contribution >= 4 is 29.7 Å². The lowest BCUT2D eigenvalue weighted by atomic mass is 9.64. The first-order chi connectivity index (χ1) is 9.67. The first-order valence-electron chi connectivity index (χ1n) is 6.26. The minimum atomic E-state index is 0.145. The molecule has 98 valence electrons. The molecule has 3 rings (SSSR count). The lowest BCUT2D eigenvalue weighted by molar-refractivity contribution is 0.333. The molecule has 0 aliphatic carbocycles. The SMILES string of the molecule is [C-]#[N+]c1ccc(Oc2ccc3c(c2)COB3C)cc1Cl. The number of rotatable bonds is 2. The third-order valence-corrected chi connectivity index (χ3v) is 3.62. The summed E-state index contributed by atoms with van der Waals surface area (Å²) in [5, 5.41) is 0.399. The average Bonchev–Trinajstić information content (AvgIpc) is 2.80. The highest BCUT2D eigenvalue weighted by Gasteiger charge is 2.23. The van der Waals surface area contributed by atoms with Crippen molar-refractivity contribution in [2.75, 3.05) is 0 Å². The number of fused-ring (bicyclic) bond motifs is 1. The van der Waals surface area contributed by atoms with Crippen LogP contribution in [-0.4, -0.2) is 6.92 Å². The highest BCUT2D eigenvalue weighted by atomic mass is 35.5. The van der Waals surface area contributed by atoms with Gasteiger partial charge in [0.25, 0.3) is 0 Å². The maximum absolute atomic E-state index is 6.96. The molecule has 0 amide bonds. The standard InChI is InChI=1S/C15H11BClNO2/c1-16-13-5-3-11(7-10(13)9-19-16)20-12-4-6-15(18-2)14(17)8-12/h3-8H,9H2,1H3. The van der Waals surface area contributed by atoms with Crippen LogP contribution in [0.3, 0.4) is 0 Å². The van der Waals surface area contributed by atoms with Gasteiger partial charge in [-0.05, 0) is 35.3 Å². The van der Waals surface area contributed by atoms with E-state index in [1.54, 1.807) is 18.2 Å². The molecule has 0 N–H and O–H groups in total. The number of hydrogen-bond donors (Lipinski definition) is 0. The molecule has 0 bridgehead atoms. The molecule has 0 atom stereocenters. The molecule has 0 radical (unpaired) electrons. The van der Waals surface area contributed by atoms with Gasteiger partial charge in [0.1, 0.15) is 11.5 Å². The van der Waals surface area contributed by atoms with Crippen molar-refractivity contribution in [2.45, 2.75) is 13.4 Å². The second-order valence-electron chi connectivity index (χ2n) is 4.64. The molecule has 0 aromatic heterocycles. The molecule has 0 unspecified atom stereocenters. The molecule has 3 nitrogen and oxygen atoms in total. The second-order valence-corrected chi connectivity index (χ2v) is 5.05. The quantitative estimate of drug-likeness (QED) is 0.613. The van der Waals surface area contributed by atoms with Crippen LogP contribution in [-0.2, 0) is 11.3 Å². The number of nitrogens with zero attached hydrogens (tertiary/aromatic N) is 1. The molecular weight excluding hydrogens is 272 g/mol.